The maximum atomic E-state index is 13.3. The molecule has 29 heavy (non-hydrogen) atoms. The standard InChI is InChI=1S/C23H19N3O3/c1-23(2)12-18(26-13-17(24-25-26)14-8-4-3-5-9-14)19-20(27)15-10-6-7-11-16(15)21(28)22(19)29-23/h3-11,13,18H,12H2,1-2H3. The molecule has 5 rings (SSSR count). The van der Waals surface area contributed by atoms with Crippen molar-refractivity contribution >= 4 is 11.6 Å². The van der Waals surface area contributed by atoms with Crippen molar-refractivity contribution in [1.82, 2.24) is 15.0 Å². The minimum Gasteiger partial charge on any atom is -0.483 e. The highest BCUT2D eigenvalue weighted by atomic mass is 16.5. The zero-order valence-electron chi connectivity index (χ0n) is 16.1. The number of rotatable bonds is 2. The monoisotopic (exact) mass is 385 g/mol. The third kappa shape index (κ3) is 2.79. The van der Waals surface area contributed by atoms with Crippen LogP contribution in [0.4, 0.5) is 0 Å². The van der Waals surface area contributed by atoms with Gasteiger partial charge in [0.25, 0.3) is 0 Å². The van der Waals surface area contributed by atoms with Crippen molar-refractivity contribution in [3.05, 3.63) is 83.3 Å². The van der Waals surface area contributed by atoms with Gasteiger partial charge in [-0.05, 0) is 13.8 Å². The van der Waals surface area contributed by atoms with Crippen LogP contribution >= 0.6 is 0 Å². The molecule has 0 spiro atoms. The van der Waals surface area contributed by atoms with Gasteiger partial charge < -0.3 is 4.74 Å². The Morgan fingerprint density at radius 1 is 0.966 bits per heavy atom. The number of hydrogen-bond donors (Lipinski definition) is 0. The number of hydrogen-bond acceptors (Lipinski definition) is 5. The molecule has 1 atom stereocenters. The van der Waals surface area contributed by atoms with E-state index in [0.717, 1.165) is 5.56 Å². The summed E-state index contributed by atoms with van der Waals surface area (Å²) in [7, 11) is 0. The van der Waals surface area contributed by atoms with Gasteiger partial charge in [-0.1, -0.05) is 59.8 Å². The van der Waals surface area contributed by atoms with Crippen molar-refractivity contribution in [2.45, 2.75) is 31.9 Å². The van der Waals surface area contributed by atoms with E-state index < -0.39 is 11.6 Å². The quantitative estimate of drug-likeness (QED) is 0.666. The molecule has 0 bridgehead atoms. The van der Waals surface area contributed by atoms with Gasteiger partial charge in [-0.15, -0.1) is 5.10 Å². The van der Waals surface area contributed by atoms with E-state index in [4.69, 9.17) is 4.74 Å². The van der Waals surface area contributed by atoms with Crippen LogP contribution in [0.1, 0.15) is 47.0 Å². The lowest BCUT2D eigenvalue weighted by molar-refractivity contribution is -0.00324. The summed E-state index contributed by atoms with van der Waals surface area (Å²) in [4.78, 5) is 26.4. The Morgan fingerprint density at radius 2 is 1.62 bits per heavy atom. The molecule has 0 N–H and O–H groups in total. The lowest BCUT2D eigenvalue weighted by Gasteiger charge is -2.39. The van der Waals surface area contributed by atoms with Gasteiger partial charge in [0.2, 0.25) is 5.78 Å². The van der Waals surface area contributed by atoms with Crippen LogP contribution in [-0.4, -0.2) is 32.2 Å². The molecule has 0 radical (unpaired) electrons. The van der Waals surface area contributed by atoms with Gasteiger partial charge in [-0.25, -0.2) is 4.68 Å². The molecule has 1 aromatic heterocycles. The molecular weight excluding hydrogens is 366 g/mol. The van der Waals surface area contributed by atoms with E-state index >= 15 is 0 Å². The smallest absolute Gasteiger partial charge is 0.228 e. The fourth-order valence-corrected chi connectivity index (χ4v) is 4.06. The third-order valence-electron chi connectivity index (χ3n) is 5.41. The second-order valence-corrected chi connectivity index (χ2v) is 7.98. The number of benzene rings is 2. The molecule has 2 heterocycles. The Morgan fingerprint density at radius 3 is 2.34 bits per heavy atom. The molecule has 0 saturated carbocycles. The SMILES string of the molecule is CC1(C)CC(n2cc(-c3ccccc3)nn2)C2=C(O1)C(=O)c1ccccc1C2=O. The molecule has 1 aliphatic carbocycles. The predicted molar refractivity (Wildman–Crippen MR) is 106 cm³/mol. The number of ketones is 2. The Kier molecular flexibility index (Phi) is 3.77. The maximum Gasteiger partial charge on any atom is 0.228 e. The number of Topliss-reactive ketones (excluding diaryl/α,β-unsaturated/α-hetero) is 2. The van der Waals surface area contributed by atoms with Crippen LogP contribution < -0.4 is 0 Å². The first-order chi connectivity index (χ1) is 13.9. The molecule has 3 aromatic rings. The highest BCUT2D eigenvalue weighted by molar-refractivity contribution is 6.26. The highest BCUT2D eigenvalue weighted by Gasteiger charge is 2.46. The first-order valence-electron chi connectivity index (χ1n) is 9.53. The summed E-state index contributed by atoms with van der Waals surface area (Å²) >= 11 is 0. The second-order valence-electron chi connectivity index (χ2n) is 7.98. The molecule has 6 nitrogen and oxygen atoms in total. The predicted octanol–water partition coefficient (Wildman–Crippen LogP) is 4.02. The second kappa shape index (κ2) is 6.24. The normalized spacial score (nSPS) is 20.1. The molecule has 1 unspecified atom stereocenters. The van der Waals surface area contributed by atoms with Gasteiger partial charge in [0.15, 0.2) is 11.5 Å². The van der Waals surface area contributed by atoms with Gasteiger partial charge in [0.1, 0.15) is 11.3 Å². The van der Waals surface area contributed by atoms with Crippen molar-refractivity contribution in [3.8, 4) is 11.3 Å². The van der Waals surface area contributed by atoms with E-state index in [1.807, 2.05) is 50.4 Å². The summed E-state index contributed by atoms with van der Waals surface area (Å²) in [5, 5.41) is 8.59. The Hall–Kier alpha value is -3.54. The summed E-state index contributed by atoms with van der Waals surface area (Å²) in [6.45, 7) is 3.83. The summed E-state index contributed by atoms with van der Waals surface area (Å²) in [6.07, 6.45) is 2.33. The van der Waals surface area contributed by atoms with Gasteiger partial charge in [-0.2, -0.15) is 0 Å². The Balaban J connectivity index is 1.64. The zero-order chi connectivity index (χ0) is 20.2. The van der Waals surface area contributed by atoms with Crippen LogP contribution in [0.3, 0.4) is 0 Å². The van der Waals surface area contributed by atoms with Crippen molar-refractivity contribution in [2.75, 3.05) is 0 Å². The van der Waals surface area contributed by atoms with Gasteiger partial charge >= 0.3 is 0 Å². The zero-order valence-corrected chi connectivity index (χ0v) is 16.1. The summed E-state index contributed by atoms with van der Waals surface area (Å²) < 4.78 is 7.69. The third-order valence-corrected chi connectivity index (χ3v) is 5.41. The van der Waals surface area contributed by atoms with Gasteiger partial charge in [0.05, 0.1) is 17.8 Å². The number of carbonyl (C=O) groups excluding carboxylic acids is 2. The molecule has 0 fully saturated rings. The highest BCUT2D eigenvalue weighted by Crippen LogP contribution is 2.43. The average molecular weight is 385 g/mol. The molecular formula is C23H19N3O3. The van der Waals surface area contributed by atoms with Crippen molar-refractivity contribution in [3.63, 3.8) is 0 Å². The van der Waals surface area contributed by atoms with Gasteiger partial charge in [0, 0.05) is 23.1 Å². The topological polar surface area (TPSA) is 74.1 Å². The van der Waals surface area contributed by atoms with E-state index in [0.29, 0.717) is 28.8 Å². The molecule has 2 aromatic carbocycles. The average Bonchev–Trinajstić information content (AvgIpc) is 3.22. The largest absolute Gasteiger partial charge is 0.483 e. The first-order valence-corrected chi connectivity index (χ1v) is 9.53. The maximum absolute atomic E-state index is 13.3. The number of carbonyl (C=O) groups is 2. The van der Waals surface area contributed by atoms with Crippen LogP contribution in [0.25, 0.3) is 11.3 Å². The van der Waals surface area contributed by atoms with Crippen LogP contribution in [0, 0.1) is 0 Å². The van der Waals surface area contributed by atoms with Crippen LogP contribution in [0.2, 0.25) is 0 Å². The number of allylic oxidation sites excluding steroid dienone is 2. The Labute approximate surface area is 167 Å². The lowest BCUT2D eigenvalue weighted by atomic mass is 9.79. The van der Waals surface area contributed by atoms with Crippen LogP contribution in [0.15, 0.2) is 72.1 Å². The summed E-state index contributed by atoms with van der Waals surface area (Å²) in [5.74, 6) is -0.310. The van der Waals surface area contributed by atoms with Crippen molar-refractivity contribution in [2.24, 2.45) is 0 Å². The van der Waals surface area contributed by atoms with E-state index in [2.05, 4.69) is 10.3 Å². The number of aromatic nitrogens is 3. The molecule has 6 heteroatoms. The fourth-order valence-electron chi connectivity index (χ4n) is 4.06. The lowest BCUT2D eigenvalue weighted by Crippen LogP contribution is -2.41. The van der Waals surface area contributed by atoms with E-state index in [9.17, 15) is 9.59 Å². The summed E-state index contributed by atoms with van der Waals surface area (Å²) in [6, 6.07) is 16.2. The molecule has 2 aliphatic rings. The van der Waals surface area contributed by atoms with Crippen LogP contribution in [-0.2, 0) is 4.74 Å². The van der Waals surface area contributed by atoms with Crippen molar-refractivity contribution in [1.29, 1.82) is 0 Å². The van der Waals surface area contributed by atoms with Crippen LogP contribution in [0.5, 0.6) is 0 Å². The number of ether oxygens (including phenoxy) is 1. The van der Waals surface area contributed by atoms with E-state index in [1.165, 1.54) is 0 Å². The van der Waals surface area contributed by atoms with E-state index in [-0.39, 0.29) is 17.3 Å². The fraction of sp³-hybridized carbons (Fsp3) is 0.217. The molecule has 144 valence electrons. The molecule has 0 saturated heterocycles. The van der Waals surface area contributed by atoms with Crippen molar-refractivity contribution < 1.29 is 14.3 Å². The first kappa shape index (κ1) is 17.6. The van der Waals surface area contributed by atoms with Gasteiger partial charge in [-0.3, -0.25) is 9.59 Å². The number of fused-ring (bicyclic) bond motifs is 1. The molecule has 0 amide bonds. The van der Waals surface area contributed by atoms with E-state index in [1.54, 1.807) is 28.9 Å². The minimum absolute atomic E-state index is 0.131. The summed E-state index contributed by atoms with van der Waals surface area (Å²) in [5.41, 5.74) is 2.19. The Bertz CT molecular complexity index is 1170. The minimum atomic E-state index is -0.620. The number of nitrogens with zero attached hydrogens (tertiary/aromatic N) is 3. The molecule has 1 aliphatic heterocycles.